The molecule has 98 valence electrons. The van der Waals surface area contributed by atoms with Gasteiger partial charge in [0.2, 0.25) is 6.08 Å². The molecule has 2 aromatic rings. The third-order valence-corrected chi connectivity index (χ3v) is 2.67. The van der Waals surface area contributed by atoms with Gasteiger partial charge in [-0.2, -0.15) is 0 Å². The molecule has 1 amide bonds. The number of ketones is 1. The van der Waals surface area contributed by atoms with Gasteiger partial charge in [-0.25, -0.2) is 4.79 Å². The zero-order valence-electron chi connectivity index (χ0n) is 10.2. The molecule has 5 heteroatoms. The van der Waals surface area contributed by atoms with Crippen molar-refractivity contribution in [1.29, 1.82) is 0 Å². The Bertz CT molecular complexity index is 716. The number of hydrogen-bond acceptors (Lipinski definition) is 4. The second-order valence-electron chi connectivity index (χ2n) is 3.94. The molecular weight excluding hydrogens is 258 g/mol. The number of aliphatic imine (C=N–C) groups is 1. The fourth-order valence-electron chi connectivity index (χ4n) is 1.71. The van der Waals surface area contributed by atoms with Crippen molar-refractivity contribution >= 4 is 17.8 Å². The van der Waals surface area contributed by atoms with Crippen LogP contribution in [-0.4, -0.2) is 22.9 Å². The van der Waals surface area contributed by atoms with Gasteiger partial charge in [-0.1, -0.05) is 30.3 Å². The lowest BCUT2D eigenvalue weighted by Gasteiger charge is -2.05. The van der Waals surface area contributed by atoms with Crippen LogP contribution in [0.4, 0.5) is 0 Å². The van der Waals surface area contributed by atoms with Crippen LogP contribution in [0.1, 0.15) is 26.3 Å². The topological polar surface area (TPSA) is 83.8 Å². The third-order valence-electron chi connectivity index (χ3n) is 2.67. The number of amides is 1. The van der Waals surface area contributed by atoms with E-state index >= 15 is 0 Å². The van der Waals surface area contributed by atoms with E-state index in [0.29, 0.717) is 5.56 Å². The van der Waals surface area contributed by atoms with Gasteiger partial charge in [0.05, 0.1) is 5.56 Å². The summed E-state index contributed by atoms with van der Waals surface area (Å²) in [6.45, 7) is 0. The van der Waals surface area contributed by atoms with Crippen LogP contribution in [0.2, 0.25) is 0 Å². The van der Waals surface area contributed by atoms with E-state index in [0.717, 1.165) is 12.1 Å². The number of phenolic OH excluding ortho intramolecular Hbond substituents is 1. The summed E-state index contributed by atoms with van der Waals surface area (Å²) in [7, 11) is 0. The van der Waals surface area contributed by atoms with Crippen molar-refractivity contribution < 1.29 is 19.5 Å². The molecule has 0 radical (unpaired) electrons. The second kappa shape index (κ2) is 5.73. The summed E-state index contributed by atoms with van der Waals surface area (Å²) in [6.07, 6.45) is 1.13. The maximum atomic E-state index is 12.1. The summed E-state index contributed by atoms with van der Waals surface area (Å²) >= 11 is 0. The van der Waals surface area contributed by atoms with Gasteiger partial charge < -0.3 is 5.11 Å². The van der Waals surface area contributed by atoms with Gasteiger partial charge in [0.1, 0.15) is 5.75 Å². The van der Waals surface area contributed by atoms with Crippen LogP contribution in [0.3, 0.4) is 0 Å². The average Bonchev–Trinajstić information content (AvgIpc) is 2.47. The second-order valence-corrected chi connectivity index (χ2v) is 3.94. The highest BCUT2D eigenvalue weighted by atomic mass is 16.3. The number of carbonyl (C=O) groups is 2. The van der Waals surface area contributed by atoms with Crippen LogP contribution in [0.5, 0.6) is 5.75 Å². The number of hydrogen-bond donors (Lipinski definition) is 1. The van der Waals surface area contributed by atoms with Gasteiger partial charge in [0.15, 0.2) is 5.78 Å². The van der Waals surface area contributed by atoms with Crippen molar-refractivity contribution in [2.45, 2.75) is 0 Å². The van der Waals surface area contributed by atoms with Gasteiger partial charge in [-0.15, -0.1) is 4.99 Å². The van der Waals surface area contributed by atoms with Crippen LogP contribution < -0.4 is 0 Å². The lowest BCUT2D eigenvalue weighted by Crippen LogP contribution is -2.03. The fraction of sp³-hybridized carbons (Fsp3) is 0. The number of nitrogens with zero attached hydrogens (tertiary/aromatic N) is 1. The van der Waals surface area contributed by atoms with E-state index in [4.69, 9.17) is 0 Å². The van der Waals surface area contributed by atoms with E-state index in [9.17, 15) is 19.5 Å². The van der Waals surface area contributed by atoms with Crippen molar-refractivity contribution in [3.05, 3.63) is 65.2 Å². The number of benzene rings is 2. The van der Waals surface area contributed by atoms with Crippen molar-refractivity contribution in [2.24, 2.45) is 4.99 Å². The molecule has 0 atom stereocenters. The van der Waals surface area contributed by atoms with Gasteiger partial charge in [0.25, 0.3) is 5.91 Å². The Morgan fingerprint density at radius 1 is 1.00 bits per heavy atom. The Morgan fingerprint density at radius 3 is 2.30 bits per heavy atom. The van der Waals surface area contributed by atoms with Gasteiger partial charge in [0, 0.05) is 11.1 Å². The zero-order valence-corrected chi connectivity index (χ0v) is 10.2. The molecule has 0 bridgehead atoms. The summed E-state index contributed by atoms with van der Waals surface area (Å²) in [5.74, 6) is -1.53. The van der Waals surface area contributed by atoms with Gasteiger partial charge >= 0.3 is 0 Å². The molecule has 2 aromatic carbocycles. The van der Waals surface area contributed by atoms with E-state index in [2.05, 4.69) is 4.99 Å². The highest BCUT2D eigenvalue weighted by Gasteiger charge is 2.15. The minimum absolute atomic E-state index is 0.00969. The quantitative estimate of drug-likeness (QED) is 0.524. The maximum absolute atomic E-state index is 12.1. The molecule has 0 heterocycles. The molecule has 20 heavy (non-hydrogen) atoms. The molecule has 0 unspecified atom stereocenters. The standard InChI is InChI=1S/C15H9NO4/c17-9-16-15(20)11-6-7-12(13(18)8-11)14(19)10-4-2-1-3-5-10/h1-8,18H. The fourth-order valence-corrected chi connectivity index (χ4v) is 1.71. The molecule has 0 aliphatic heterocycles. The molecular formula is C15H9NO4. The largest absolute Gasteiger partial charge is 0.507 e. The average molecular weight is 267 g/mol. The van der Waals surface area contributed by atoms with Crippen LogP contribution in [-0.2, 0) is 4.79 Å². The van der Waals surface area contributed by atoms with Gasteiger partial charge in [-0.05, 0) is 18.2 Å². The van der Waals surface area contributed by atoms with Crippen LogP contribution in [0, 0.1) is 0 Å². The first kappa shape index (κ1) is 13.4. The summed E-state index contributed by atoms with van der Waals surface area (Å²) in [5, 5.41) is 9.83. The summed E-state index contributed by atoms with van der Waals surface area (Å²) < 4.78 is 0. The Kier molecular flexibility index (Phi) is 3.84. The summed E-state index contributed by atoms with van der Waals surface area (Å²) in [6, 6.07) is 12.2. The molecule has 1 N–H and O–H groups in total. The van der Waals surface area contributed by atoms with Crippen LogP contribution >= 0.6 is 0 Å². The molecule has 5 nitrogen and oxygen atoms in total. The van der Waals surface area contributed by atoms with Crippen molar-refractivity contribution in [3.63, 3.8) is 0 Å². The zero-order chi connectivity index (χ0) is 14.5. The van der Waals surface area contributed by atoms with Gasteiger partial charge in [-0.3, -0.25) is 9.59 Å². The monoisotopic (exact) mass is 267 g/mol. The van der Waals surface area contributed by atoms with Crippen molar-refractivity contribution in [1.82, 2.24) is 0 Å². The number of rotatable bonds is 3. The SMILES string of the molecule is O=C=NC(=O)c1ccc(C(=O)c2ccccc2)c(O)c1. The lowest BCUT2D eigenvalue weighted by molar-refractivity contribution is 0.0998. The first-order valence-corrected chi connectivity index (χ1v) is 5.68. The van der Waals surface area contributed by atoms with Crippen molar-refractivity contribution in [2.75, 3.05) is 0 Å². The summed E-state index contributed by atoms with van der Waals surface area (Å²) in [4.78, 5) is 36.4. The Balaban J connectivity index is 2.38. The number of isocyanates is 1. The Morgan fingerprint density at radius 2 is 1.70 bits per heavy atom. The first-order chi connectivity index (χ1) is 9.63. The first-order valence-electron chi connectivity index (χ1n) is 5.68. The maximum Gasteiger partial charge on any atom is 0.287 e. The van der Waals surface area contributed by atoms with E-state index in [1.807, 2.05) is 0 Å². The normalized spacial score (nSPS) is 9.60. The molecule has 0 spiro atoms. The molecule has 0 saturated heterocycles. The predicted molar refractivity (Wildman–Crippen MR) is 70.4 cm³/mol. The van der Waals surface area contributed by atoms with Crippen molar-refractivity contribution in [3.8, 4) is 5.75 Å². The smallest absolute Gasteiger partial charge is 0.287 e. The predicted octanol–water partition coefficient (Wildman–Crippen LogP) is 2.10. The molecule has 0 aliphatic rings. The number of carbonyl (C=O) groups excluding carboxylic acids is 3. The van der Waals surface area contributed by atoms with Crippen LogP contribution in [0.15, 0.2) is 53.5 Å². The number of aromatic hydroxyl groups is 1. The van der Waals surface area contributed by atoms with Crippen LogP contribution in [0.25, 0.3) is 0 Å². The molecule has 0 fully saturated rings. The minimum atomic E-state index is -0.825. The van der Waals surface area contributed by atoms with E-state index < -0.39 is 5.91 Å². The molecule has 0 aliphatic carbocycles. The third kappa shape index (κ3) is 2.68. The Hall–Kier alpha value is -3.04. The highest BCUT2D eigenvalue weighted by Crippen LogP contribution is 2.22. The number of phenols is 1. The van der Waals surface area contributed by atoms with E-state index in [-0.39, 0.29) is 22.7 Å². The lowest BCUT2D eigenvalue weighted by atomic mass is 10.0. The van der Waals surface area contributed by atoms with E-state index in [1.54, 1.807) is 30.3 Å². The minimum Gasteiger partial charge on any atom is -0.507 e. The van der Waals surface area contributed by atoms with E-state index in [1.165, 1.54) is 12.1 Å². The molecule has 0 saturated carbocycles. The molecule has 2 rings (SSSR count). The highest BCUT2D eigenvalue weighted by molar-refractivity contribution is 6.11. The molecule has 0 aromatic heterocycles. The Labute approximate surface area is 114 Å². The summed E-state index contributed by atoms with van der Waals surface area (Å²) in [5.41, 5.74) is 0.506.